The largest absolute Gasteiger partial charge is 0.487 e. The van der Waals surface area contributed by atoms with Crippen molar-refractivity contribution in [2.45, 2.75) is 6.54 Å². The van der Waals surface area contributed by atoms with Crippen LogP contribution in [0.25, 0.3) is 0 Å². The molecular weight excluding hydrogens is 318 g/mol. The zero-order valence-corrected chi connectivity index (χ0v) is 13.5. The van der Waals surface area contributed by atoms with Crippen LogP contribution in [0.5, 0.6) is 5.75 Å². The van der Waals surface area contributed by atoms with E-state index >= 15 is 0 Å². The van der Waals surface area contributed by atoms with Gasteiger partial charge in [0.15, 0.2) is 5.75 Å². The monoisotopic (exact) mass is 335 g/mol. The van der Waals surface area contributed by atoms with Crippen molar-refractivity contribution in [3.63, 3.8) is 0 Å². The lowest BCUT2D eigenvalue weighted by Crippen LogP contribution is -2.28. The van der Waals surface area contributed by atoms with Gasteiger partial charge in [-0.25, -0.2) is 4.79 Å². The smallest absolute Gasteiger partial charge is 0.319 e. The number of pyridine rings is 1. The fourth-order valence-electron chi connectivity index (χ4n) is 1.83. The fraction of sp³-hybridized carbons (Fsp3) is 0.250. The number of nitrogens with zero attached hydrogens (tertiary/aromatic N) is 1. The number of hydrogen-bond acceptors (Lipinski definition) is 4. The van der Waals surface area contributed by atoms with Crippen LogP contribution < -0.4 is 15.4 Å². The molecule has 23 heavy (non-hydrogen) atoms. The van der Waals surface area contributed by atoms with E-state index in [1.807, 2.05) is 12.1 Å². The lowest BCUT2D eigenvalue weighted by atomic mass is 10.2. The van der Waals surface area contributed by atoms with Gasteiger partial charge in [-0.3, -0.25) is 4.98 Å². The summed E-state index contributed by atoms with van der Waals surface area (Å²) in [5.74, 6) is 0.422. The second kappa shape index (κ2) is 8.97. The average Bonchev–Trinajstić information content (AvgIpc) is 2.56. The summed E-state index contributed by atoms with van der Waals surface area (Å²) in [7, 11) is 1.58. The second-order valence-electron chi connectivity index (χ2n) is 4.62. The molecule has 7 heteroatoms. The van der Waals surface area contributed by atoms with Gasteiger partial charge in [0, 0.05) is 26.0 Å². The Bertz CT molecular complexity index is 638. The minimum atomic E-state index is -0.347. The van der Waals surface area contributed by atoms with Crippen LogP contribution in [0.1, 0.15) is 5.56 Å². The van der Waals surface area contributed by atoms with Gasteiger partial charge in [0.05, 0.1) is 17.3 Å². The summed E-state index contributed by atoms with van der Waals surface area (Å²) in [6.07, 6.45) is 3.35. The molecule has 122 valence electrons. The van der Waals surface area contributed by atoms with Crippen molar-refractivity contribution < 1.29 is 14.3 Å². The Morgan fingerprint density at radius 2 is 2.00 bits per heavy atom. The van der Waals surface area contributed by atoms with Crippen molar-refractivity contribution in [2.24, 2.45) is 0 Å². The number of nitrogens with one attached hydrogen (secondary N) is 2. The highest BCUT2D eigenvalue weighted by Gasteiger charge is 2.11. The van der Waals surface area contributed by atoms with E-state index in [0.717, 1.165) is 5.56 Å². The van der Waals surface area contributed by atoms with Gasteiger partial charge in [0.25, 0.3) is 0 Å². The Morgan fingerprint density at radius 1 is 1.22 bits per heavy atom. The second-order valence-corrected chi connectivity index (χ2v) is 5.03. The lowest BCUT2D eigenvalue weighted by molar-refractivity contribution is 0.146. The van der Waals surface area contributed by atoms with Crippen LogP contribution in [-0.2, 0) is 11.3 Å². The third-order valence-corrected chi connectivity index (χ3v) is 3.25. The van der Waals surface area contributed by atoms with Gasteiger partial charge in [0.2, 0.25) is 0 Å². The molecule has 0 spiro atoms. The van der Waals surface area contributed by atoms with Gasteiger partial charge >= 0.3 is 6.03 Å². The Morgan fingerprint density at radius 3 is 2.74 bits per heavy atom. The molecule has 0 fully saturated rings. The van der Waals surface area contributed by atoms with Crippen LogP contribution in [0.4, 0.5) is 10.5 Å². The zero-order valence-electron chi connectivity index (χ0n) is 12.7. The Balaban J connectivity index is 1.95. The van der Waals surface area contributed by atoms with E-state index in [0.29, 0.717) is 36.2 Å². The van der Waals surface area contributed by atoms with E-state index in [1.165, 1.54) is 0 Å². The summed E-state index contributed by atoms with van der Waals surface area (Å²) in [6, 6.07) is 8.48. The number of methoxy groups -OCH3 is 1. The van der Waals surface area contributed by atoms with Crippen molar-refractivity contribution in [1.29, 1.82) is 0 Å². The van der Waals surface area contributed by atoms with Crippen molar-refractivity contribution in [3.8, 4) is 5.75 Å². The molecule has 1 heterocycles. The molecule has 0 bridgehead atoms. The highest BCUT2D eigenvalue weighted by Crippen LogP contribution is 2.32. The molecule has 2 amide bonds. The van der Waals surface area contributed by atoms with E-state index in [-0.39, 0.29) is 6.03 Å². The van der Waals surface area contributed by atoms with Gasteiger partial charge in [-0.15, -0.1) is 0 Å². The van der Waals surface area contributed by atoms with Crippen LogP contribution in [0.3, 0.4) is 0 Å². The standard InChI is InChI=1S/C16H18ClN3O3/c1-22-9-10-23-15-13(17)3-2-4-14(15)20-16(21)19-11-12-5-7-18-8-6-12/h2-8H,9-11H2,1H3,(H2,19,20,21). The summed E-state index contributed by atoms with van der Waals surface area (Å²) >= 11 is 6.12. The molecule has 0 saturated heterocycles. The molecule has 0 radical (unpaired) electrons. The van der Waals surface area contributed by atoms with Gasteiger partial charge in [0.1, 0.15) is 6.61 Å². The minimum absolute atomic E-state index is 0.341. The van der Waals surface area contributed by atoms with Crippen molar-refractivity contribution in [1.82, 2.24) is 10.3 Å². The molecule has 1 aromatic carbocycles. The summed E-state index contributed by atoms with van der Waals surface area (Å²) in [4.78, 5) is 15.9. The van der Waals surface area contributed by atoms with Gasteiger partial charge in [-0.2, -0.15) is 0 Å². The molecule has 0 aliphatic rings. The summed E-state index contributed by atoms with van der Waals surface area (Å²) in [6.45, 7) is 1.17. The zero-order chi connectivity index (χ0) is 16.5. The van der Waals surface area contributed by atoms with Crippen molar-refractivity contribution in [2.75, 3.05) is 25.6 Å². The van der Waals surface area contributed by atoms with E-state index in [9.17, 15) is 4.79 Å². The van der Waals surface area contributed by atoms with E-state index < -0.39 is 0 Å². The number of amides is 2. The van der Waals surface area contributed by atoms with Crippen LogP contribution >= 0.6 is 11.6 Å². The van der Waals surface area contributed by atoms with Crippen LogP contribution in [-0.4, -0.2) is 31.3 Å². The molecule has 1 aromatic heterocycles. The number of rotatable bonds is 7. The predicted molar refractivity (Wildman–Crippen MR) is 88.9 cm³/mol. The number of ether oxygens (including phenoxy) is 2. The number of aromatic nitrogens is 1. The predicted octanol–water partition coefficient (Wildman–Crippen LogP) is 3.08. The first-order valence-corrected chi connectivity index (χ1v) is 7.42. The highest BCUT2D eigenvalue weighted by molar-refractivity contribution is 6.32. The van der Waals surface area contributed by atoms with Gasteiger partial charge in [-0.05, 0) is 29.8 Å². The number of para-hydroxylation sites is 1. The minimum Gasteiger partial charge on any atom is -0.487 e. The SMILES string of the molecule is COCCOc1c(Cl)cccc1NC(=O)NCc1ccncc1. The van der Waals surface area contributed by atoms with Gasteiger partial charge < -0.3 is 20.1 Å². The molecule has 0 atom stereocenters. The van der Waals surface area contributed by atoms with Gasteiger partial charge in [-0.1, -0.05) is 17.7 Å². The molecule has 0 saturated carbocycles. The third-order valence-electron chi connectivity index (χ3n) is 2.95. The summed E-state index contributed by atoms with van der Waals surface area (Å²) < 4.78 is 10.5. The molecule has 0 unspecified atom stereocenters. The number of halogens is 1. The van der Waals surface area contributed by atoms with Crippen LogP contribution in [0, 0.1) is 0 Å². The van der Waals surface area contributed by atoms with Crippen molar-refractivity contribution in [3.05, 3.63) is 53.3 Å². The molecule has 2 N–H and O–H groups in total. The number of hydrogen-bond donors (Lipinski definition) is 2. The maximum absolute atomic E-state index is 12.0. The molecular formula is C16H18ClN3O3. The van der Waals surface area contributed by atoms with E-state index in [1.54, 1.807) is 37.7 Å². The van der Waals surface area contributed by atoms with Crippen LogP contribution in [0.2, 0.25) is 5.02 Å². The first-order chi connectivity index (χ1) is 11.2. The highest BCUT2D eigenvalue weighted by atomic mass is 35.5. The number of benzene rings is 1. The average molecular weight is 336 g/mol. The first-order valence-electron chi connectivity index (χ1n) is 7.04. The summed E-state index contributed by atoms with van der Waals surface area (Å²) in [5.41, 5.74) is 1.46. The molecule has 0 aliphatic heterocycles. The summed E-state index contributed by atoms with van der Waals surface area (Å²) in [5, 5.41) is 5.92. The maximum Gasteiger partial charge on any atom is 0.319 e. The Kier molecular flexibility index (Phi) is 6.65. The number of carbonyl (C=O) groups is 1. The lowest BCUT2D eigenvalue weighted by Gasteiger charge is -2.14. The number of anilines is 1. The molecule has 2 rings (SSSR count). The van der Waals surface area contributed by atoms with E-state index in [4.69, 9.17) is 21.1 Å². The molecule has 0 aliphatic carbocycles. The van der Waals surface area contributed by atoms with Crippen LogP contribution in [0.15, 0.2) is 42.7 Å². The molecule has 2 aromatic rings. The maximum atomic E-state index is 12.0. The Labute approximate surface area is 139 Å². The quantitative estimate of drug-likeness (QED) is 0.763. The number of carbonyl (C=O) groups excluding carboxylic acids is 1. The third kappa shape index (κ3) is 5.43. The van der Waals surface area contributed by atoms with Crippen molar-refractivity contribution >= 4 is 23.3 Å². The fourth-order valence-corrected chi connectivity index (χ4v) is 2.06. The number of urea groups is 1. The topological polar surface area (TPSA) is 72.5 Å². The Hall–Kier alpha value is -2.31. The normalized spacial score (nSPS) is 10.2. The van der Waals surface area contributed by atoms with E-state index in [2.05, 4.69) is 15.6 Å². The molecule has 6 nitrogen and oxygen atoms in total. The first kappa shape index (κ1) is 17.1.